The standard InChI is InChI=1S/C17H16N2OS/c1-12-6-3-4-8-14(12)15-11-21-16(19-15)17(2,20)13-7-5-9-18-10-13/h3-11,20H,1-2H3. The minimum atomic E-state index is -1.13. The van der Waals surface area contributed by atoms with Crippen molar-refractivity contribution in [3.05, 3.63) is 70.3 Å². The minimum absolute atomic E-state index is 0.675. The van der Waals surface area contributed by atoms with Crippen LogP contribution in [0.1, 0.15) is 23.1 Å². The maximum Gasteiger partial charge on any atom is 0.140 e. The molecule has 0 radical (unpaired) electrons. The summed E-state index contributed by atoms with van der Waals surface area (Å²) in [6.07, 6.45) is 3.37. The van der Waals surface area contributed by atoms with Gasteiger partial charge in [0, 0.05) is 28.9 Å². The van der Waals surface area contributed by atoms with Crippen molar-refractivity contribution < 1.29 is 5.11 Å². The Morgan fingerprint density at radius 1 is 1.14 bits per heavy atom. The van der Waals surface area contributed by atoms with Gasteiger partial charge in [0.05, 0.1) is 5.69 Å². The molecule has 2 heterocycles. The van der Waals surface area contributed by atoms with E-state index in [4.69, 9.17) is 0 Å². The number of thiazole rings is 1. The highest BCUT2D eigenvalue weighted by Gasteiger charge is 2.29. The Morgan fingerprint density at radius 3 is 2.67 bits per heavy atom. The lowest BCUT2D eigenvalue weighted by molar-refractivity contribution is 0.102. The van der Waals surface area contributed by atoms with E-state index in [1.54, 1.807) is 19.3 Å². The van der Waals surface area contributed by atoms with Crippen LogP contribution in [0.3, 0.4) is 0 Å². The molecule has 0 aliphatic heterocycles. The average molecular weight is 296 g/mol. The van der Waals surface area contributed by atoms with Crippen LogP contribution in [-0.4, -0.2) is 15.1 Å². The first-order valence-corrected chi connectivity index (χ1v) is 7.62. The molecule has 0 spiro atoms. The Labute approximate surface area is 128 Å². The Morgan fingerprint density at radius 2 is 1.95 bits per heavy atom. The molecule has 1 aromatic carbocycles. The zero-order valence-electron chi connectivity index (χ0n) is 11.9. The molecule has 0 bridgehead atoms. The Hall–Kier alpha value is -2.04. The SMILES string of the molecule is Cc1ccccc1-c1csc(C(C)(O)c2cccnc2)n1. The average Bonchev–Trinajstić information content (AvgIpc) is 2.99. The number of hydrogen-bond donors (Lipinski definition) is 1. The molecule has 1 unspecified atom stereocenters. The second kappa shape index (κ2) is 5.39. The summed E-state index contributed by atoms with van der Waals surface area (Å²) in [5.41, 5.74) is 2.80. The summed E-state index contributed by atoms with van der Waals surface area (Å²) in [4.78, 5) is 8.70. The van der Waals surface area contributed by atoms with Gasteiger partial charge in [-0.15, -0.1) is 11.3 Å². The van der Waals surface area contributed by atoms with Gasteiger partial charge in [-0.1, -0.05) is 30.3 Å². The van der Waals surface area contributed by atoms with E-state index < -0.39 is 5.60 Å². The van der Waals surface area contributed by atoms with Crippen molar-refractivity contribution in [2.45, 2.75) is 19.4 Å². The third-order valence-electron chi connectivity index (χ3n) is 3.57. The highest BCUT2D eigenvalue weighted by atomic mass is 32.1. The van der Waals surface area contributed by atoms with Gasteiger partial charge in [0.15, 0.2) is 0 Å². The van der Waals surface area contributed by atoms with Crippen LogP contribution in [0.4, 0.5) is 0 Å². The topological polar surface area (TPSA) is 46.0 Å². The number of aliphatic hydroxyl groups is 1. The molecule has 0 aliphatic carbocycles. The van der Waals surface area contributed by atoms with Crippen LogP contribution in [0, 0.1) is 6.92 Å². The smallest absolute Gasteiger partial charge is 0.140 e. The number of benzene rings is 1. The van der Waals surface area contributed by atoms with Crippen LogP contribution < -0.4 is 0 Å². The zero-order valence-corrected chi connectivity index (χ0v) is 12.8. The molecule has 1 N–H and O–H groups in total. The molecule has 3 rings (SSSR count). The van der Waals surface area contributed by atoms with Crippen LogP contribution in [0.25, 0.3) is 11.3 Å². The van der Waals surface area contributed by atoms with Gasteiger partial charge >= 0.3 is 0 Å². The van der Waals surface area contributed by atoms with Crippen molar-refractivity contribution in [1.29, 1.82) is 0 Å². The molecular formula is C17H16N2OS. The molecule has 0 saturated carbocycles. The lowest BCUT2D eigenvalue weighted by atomic mass is 9.99. The van der Waals surface area contributed by atoms with Gasteiger partial charge in [-0.2, -0.15) is 0 Å². The Bertz CT molecular complexity index is 750. The van der Waals surface area contributed by atoms with E-state index in [1.165, 1.54) is 16.9 Å². The largest absolute Gasteiger partial charge is 0.378 e. The van der Waals surface area contributed by atoms with Crippen molar-refractivity contribution in [2.75, 3.05) is 0 Å². The van der Waals surface area contributed by atoms with Gasteiger partial charge in [-0.05, 0) is 25.5 Å². The predicted molar refractivity (Wildman–Crippen MR) is 85.2 cm³/mol. The van der Waals surface area contributed by atoms with Gasteiger partial charge in [-0.3, -0.25) is 4.98 Å². The summed E-state index contributed by atoms with van der Waals surface area (Å²) in [5, 5.41) is 13.5. The van der Waals surface area contributed by atoms with E-state index in [-0.39, 0.29) is 0 Å². The fourth-order valence-corrected chi connectivity index (χ4v) is 3.16. The lowest BCUT2D eigenvalue weighted by Gasteiger charge is -2.20. The maximum absolute atomic E-state index is 10.8. The van der Waals surface area contributed by atoms with E-state index >= 15 is 0 Å². The van der Waals surface area contributed by atoms with Gasteiger partial charge in [0.1, 0.15) is 10.6 Å². The van der Waals surface area contributed by atoms with Crippen LogP contribution >= 0.6 is 11.3 Å². The van der Waals surface area contributed by atoms with E-state index in [9.17, 15) is 5.11 Å². The normalized spacial score (nSPS) is 13.9. The number of aryl methyl sites for hydroxylation is 1. The van der Waals surface area contributed by atoms with Crippen molar-refractivity contribution in [3.8, 4) is 11.3 Å². The summed E-state index contributed by atoms with van der Waals surface area (Å²) in [5.74, 6) is 0. The fraction of sp³-hybridized carbons (Fsp3) is 0.176. The number of pyridine rings is 1. The van der Waals surface area contributed by atoms with Gasteiger partial charge in [0.2, 0.25) is 0 Å². The van der Waals surface area contributed by atoms with Crippen molar-refractivity contribution in [1.82, 2.24) is 9.97 Å². The first kappa shape index (κ1) is 13.9. The van der Waals surface area contributed by atoms with E-state index in [0.717, 1.165) is 16.8 Å². The number of hydrogen-bond acceptors (Lipinski definition) is 4. The molecule has 0 aliphatic rings. The minimum Gasteiger partial charge on any atom is -0.378 e. The quantitative estimate of drug-likeness (QED) is 0.800. The van der Waals surface area contributed by atoms with Crippen LogP contribution in [-0.2, 0) is 5.60 Å². The number of aromatic nitrogens is 2. The highest BCUT2D eigenvalue weighted by molar-refractivity contribution is 7.10. The third kappa shape index (κ3) is 2.60. The molecule has 0 saturated heterocycles. The maximum atomic E-state index is 10.8. The van der Waals surface area contributed by atoms with Crippen LogP contribution in [0.2, 0.25) is 0 Å². The Kier molecular flexibility index (Phi) is 3.57. The van der Waals surface area contributed by atoms with Gasteiger partial charge < -0.3 is 5.11 Å². The molecule has 1 atom stereocenters. The summed E-state index contributed by atoms with van der Waals surface area (Å²) in [7, 11) is 0. The third-order valence-corrected chi connectivity index (χ3v) is 4.62. The molecular weight excluding hydrogens is 280 g/mol. The molecule has 2 aromatic heterocycles. The summed E-state index contributed by atoms with van der Waals surface area (Å²) in [6, 6.07) is 11.8. The van der Waals surface area contributed by atoms with Crippen molar-refractivity contribution in [2.24, 2.45) is 0 Å². The van der Waals surface area contributed by atoms with Gasteiger partial charge in [-0.25, -0.2) is 4.98 Å². The predicted octanol–water partition coefficient (Wildman–Crippen LogP) is 3.77. The second-order valence-electron chi connectivity index (χ2n) is 5.17. The molecule has 106 valence electrons. The zero-order chi connectivity index (χ0) is 14.9. The molecule has 0 fully saturated rings. The molecule has 4 heteroatoms. The molecule has 21 heavy (non-hydrogen) atoms. The van der Waals surface area contributed by atoms with E-state index in [1.807, 2.05) is 35.7 Å². The second-order valence-corrected chi connectivity index (χ2v) is 6.02. The monoisotopic (exact) mass is 296 g/mol. The first-order valence-electron chi connectivity index (χ1n) is 6.74. The lowest BCUT2D eigenvalue weighted by Crippen LogP contribution is -2.22. The van der Waals surface area contributed by atoms with Crippen LogP contribution in [0.5, 0.6) is 0 Å². The van der Waals surface area contributed by atoms with Crippen molar-refractivity contribution in [3.63, 3.8) is 0 Å². The molecule has 0 amide bonds. The van der Waals surface area contributed by atoms with E-state index in [2.05, 4.69) is 23.0 Å². The van der Waals surface area contributed by atoms with Gasteiger partial charge in [0.25, 0.3) is 0 Å². The summed E-state index contributed by atoms with van der Waals surface area (Å²) >= 11 is 1.47. The molecule has 3 aromatic rings. The fourth-order valence-electron chi connectivity index (χ4n) is 2.26. The number of nitrogens with zero attached hydrogens (tertiary/aromatic N) is 2. The Balaban J connectivity index is 2.01. The van der Waals surface area contributed by atoms with E-state index in [0.29, 0.717) is 5.01 Å². The first-order chi connectivity index (χ1) is 10.1. The van der Waals surface area contributed by atoms with Crippen LogP contribution in [0.15, 0.2) is 54.2 Å². The van der Waals surface area contributed by atoms with Crippen molar-refractivity contribution >= 4 is 11.3 Å². The number of rotatable bonds is 3. The summed E-state index contributed by atoms with van der Waals surface area (Å²) < 4.78 is 0. The summed E-state index contributed by atoms with van der Waals surface area (Å²) in [6.45, 7) is 3.82. The highest BCUT2D eigenvalue weighted by Crippen LogP contribution is 2.34. The molecule has 3 nitrogen and oxygen atoms in total.